The van der Waals surface area contributed by atoms with Gasteiger partial charge in [0.2, 0.25) is 0 Å². The summed E-state index contributed by atoms with van der Waals surface area (Å²) in [7, 11) is -2.11. The molecule has 5 heteroatoms. The highest BCUT2D eigenvalue weighted by Crippen LogP contribution is 2.26. The van der Waals surface area contributed by atoms with E-state index in [0.29, 0.717) is 5.56 Å². The van der Waals surface area contributed by atoms with Crippen LogP contribution >= 0.6 is 0 Å². The van der Waals surface area contributed by atoms with Crippen LogP contribution < -0.4 is 0 Å². The number of hydrogen-bond donors (Lipinski definition) is 0. The number of carbonyl (C=O) groups excluding carboxylic acids is 1. The highest BCUT2D eigenvalue weighted by atomic mass is 32.2. The Morgan fingerprint density at radius 1 is 1.05 bits per heavy atom. The first-order chi connectivity index (χ1) is 9.43. The monoisotopic (exact) mass is 290 g/mol. The molecule has 0 saturated carbocycles. The third kappa shape index (κ3) is 2.88. The van der Waals surface area contributed by atoms with Crippen molar-refractivity contribution in [2.45, 2.75) is 4.90 Å². The number of ether oxygens (including phenoxy) is 1. The quantitative estimate of drug-likeness (QED) is 0.815. The van der Waals surface area contributed by atoms with Gasteiger partial charge in [0.15, 0.2) is 9.84 Å². The Kier molecular flexibility index (Phi) is 3.90. The fraction of sp³-hybridized carbons (Fsp3) is 0.133. The number of benzene rings is 2. The van der Waals surface area contributed by atoms with Crippen molar-refractivity contribution in [3.05, 3.63) is 54.1 Å². The number of carbonyl (C=O) groups is 1. The van der Waals surface area contributed by atoms with E-state index >= 15 is 0 Å². The van der Waals surface area contributed by atoms with Crippen molar-refractivity contribution in [3.8, 4) is 11.1 Å². The van der Waals surface area contributed by atoms with Gasteiger partial charge in [-0.3, -0.25) is 0 Å². The molecule has 0 saturated heterocycles. The van der Waals surface area contributed by atoms with Gasteiger partial charge in [0, 0.05) is 6.26 Å². The van der Waals surface area contributed by atoms with E-state index in [-0.39, 0.29) is 10.5 Å². The van der Waals surface area contributed by atoms with Crippen LogP contribution in [0, 0.1) is 0 Å². The summed E-state index contributed by atoms with van der Waals surface area (Å²) in [5.41, 5.74) is 1.71. The highest BCUT2D eigenvalue weighted by Gasteiger charge is 2.17. The average Bonchev–Trinajstić information content (AvgIpc) is 2.45. The topological polar surface area (TPSA) is 60.4 Å². The number of methoxy groups -OCH3 is 1. The Bertz CT molecular complexity index is 734. The van der Waals surface area contributed by atoms with Crippen LogP contribution in [0.25, 0.3) is 11.1 Å². The van der Waals surface area contributed by atoms with Crippen molar-refractivity contribution >= 4 is 15.8 Å². The highest BCUT2D eigenvalue weighted by molar-refractivity contribution is 7.90. The normalized spacial score (nSPS) is 11.1. The molecule has 0 unspecified atom stereocenters. The molecule has 4 nitrogen and oxygen atoms in total. The van der Waals surface area contributed by atoms with E-state index in [1.54, 1.807) is 6.07 Å². The first-order valence-electron chi connectivity index (χ1n) is 5.91. The molecular weight excluding hydrogens is 276 g/mol. The van der Waals surface area contributed by atoms with Crippen molar-refractivity contribution in [2.75, 3.05) is 13.4 Å². The summed E-state index contributed by atoms with van der Waals surface area (Å²) in [6.07, 6.45) is 1.10. The van der Waals surface area contributed by atoms with Gasteiger partial charge in [-0.2, -0.15) is 0 Å². The number of sulfone groups is 1. The summed E-state index contributed by atoms with van der Waals surface area (Å²) >= 11 is 0. The minimum atomic E-state index is -3.37. The molecule has 20 heavy (non-hydrogen) atoms. The minimum absolute atomic E-state index is 0.0950. The maximum Gasteiger partial charge on any atom is 0.338 e. The third-order valence-corrected chi connectivity index (χ3v) is 4.02. The summed E-state index contributed by atoms with van der Waals surface area (Å²) in [6.45, 7) is 0. The molecule has 2 aromatic carbocycles. The van der Waals surface area contributed by atoms with E-state index in [2.05, 4.69) is 0 Å². The zero-order chi connectivity index (χ0) is 14.8. The van der Waals surface area contributed by atoms with E-state index in [0.717, 1.165) is 11.8 Å². The first kappa shape index (κ1) is 14.3. The van der Waals surface area contributed by atoms with Gasteiger partial charge in [-0.25, -0.2) is 13.2 Å². The molecule has 104 valence electrons. The molecule has 0 heterocycles. The largest absolute Gasteiger partial charge is 0.465 e. The van der Waals surface area contributed by atoms with Gasteiger partial charge in [-0.05, 0) is 23.3 Å². The molecule has 0 aliphatic heterocycles. The van der Waals surface area contributed by atoms with Crippen molar-refractivity contribution in [1.82, 2.24) is 0 Å². The van der Waals surface area contributed by atoms with Crippen molar-refractivity contribution < 1.29 is 17.9 Å². The molecule has 0 aliphatic carbocycles. The van der Waals surface area contributed by atoms with Crippen molar-refractivity contribution in [1.29, 1.82) is 0 Å². The zero-order valence-electron chi connectivity index (χ0n) is 11.2. The summed E-state index contributed by atoms with van der Waals surface area (Å²) in [5, 5.41) is 0. The molecule has 0 fully saturated rings. The van der Waals surface area contributed by atoms with Crippen LogP contribution in [-0.4, -0.2) is 27.8 Å². The van der Waals surface area contributed by atoms with Gasteiger partial charge in [-0.1, -0.05) is 36.4 Å². The van der Waals surface area contributed by atoms with Crippen molar-refractivity contribution in [2.24, 2.45) is 0 Å². The van der Waals surface area contributed by atoms with Gasteiger partial charge < -0.3 is 4.74 Å². The van der Waals surface area contributed by atoms with E-state index in [9.17, 15) is 13.2 Å². The van der Waals surface area contributed by atoms with Crippen LogP contribution in [0.2, 0.25) is 0 Å². The lowest BCUT2D eigenvalue weighted by atomic mass is 10.00. The number of hydrogen-bond acceptors (Lipinski definition) is 4. The van der Waals surface area contributed by atoms with Gasteiger partial charge in [0.1, 0.15) is 0 Å². The predicted octanol–water partition coefficient (Wildman–Crippen LogP) is 2.54. The second-order valence-electron chi connectivity index (χ2n) is 4.34. The van der Waals surface area contributed by atoms with Gasteiger partial charge >= 0.3 is 5.97 Å². The van der Waals surface area contributed by atoms with E-state index in [4.69, 9.17) is 4.74 Å². The molecule has 0 amide bonds. The van der Waals surface area contributed by atoms with Gasteiger partial charge in [-0.15, -0.1) is 0 Å². The molecule has 0 atom stereocenters. The Morgan fingerprint density at radius 3 is 2.25 bits per heavy atom. The Labute approximate surface area is 117 Å². The smallest absolute Gasteiger partial charge is 0.338 e. The predicted molar refractivity (Wildman–Crippen MR) is 76.3 cm³/mol. The Hall–Kier alpha value is -2.14. The Morgan fingerprint density at radius 2 is 1.70 bits per heavy atom. The molecule has 0 aromatic heterocycles. The fourth-order valence-corrected chi connectivity index (χ4v) is 2.55. The van der Waals surface area contributed by atoms with E-state index in [1.165, 1.54) is 19.2 Å². The maximum atomic E-state index is 11.9. The fourth-order valence-electron chi connectivity index (χ4n) is 1.90. The summed E-state index contributed by atoms with van der Waals surface area (Å²) in [4.78, 5) is 12.0. The molecule has 0 spiro atoms. The average molecular weight is 290 g/mol. The van der Waals surface area contributed by atoms with Crippen LogP contribution in [-0.2, 0) is 14.6 Å². The van der Waals surface area contributed by atoms with Crippen LogP contribution in [0.1, 0.15) is 10.4 Å². The Balaban J connectivity index is 2.67. The number of esters is 1. The molecule has 2 aromatic rings. The van der Waals surface area contributed by atoms with E-state index < -0.39 is 15.8 Å². The van der Waals surface area contributed by atoms with Crippen LogP contribution in [0.5, 0.6) is 0 Å². The SMILES string of the molecule is COC(=O)c1cc(S(C)(=O)=O)ccc1-c1ccccc1. The molecular formula is C15H14O4S. The summed E-state index contributed by atoms with van der Waals surface area (Å²) in [6, 6.07) is 13.7. The maximum absolute atomic E-state index is 11.9. The second-order valence-corrected chi connectivity index (χ2v) is 6.35. The molecule has 0 aliphatic rings. The summed E-state index contributed by atoms with van der Waals surface area (Å²) < 4.78 is 27.9. The minimum Gasteiger partial charge on any atom is -0.465 e. The molecule has 0 N–H and O–H groups in total. The molecule has 0 bridgehead atoms. The molecule has 2 rings (SSSR count). The molecule has 0 radical (unpaired) electrons. The first-order valence-corrected chi connectivity index (χ1v) is 7.80. The third-order valence-electron chi connectivity index (χ3n) is 2.91. The van der Waals surface area contributed by atoms with E-state index in [1.807, 2.05) is 30.3 Å². The lowest BCUT2D eigenvalue weighted by Gasteiger charge is -2.10. The second kappa shape index (κ2) is 5.46. The van der Waals surface area contributed by atoms with Crippen LogP contribution in [0.15, 0.2) is 53.4 Å². The van der Waals surface area contributed by atoms with Crippen LogP contribution in [0.3, 0.4) is 0 Å². The zero-order valence-corrected chi connectivity index (χ0v) is 12.0. The lowest BCUT2D eigenvalue weighted by molar-refractivity contribution is 0.0601. The number of rotatable bonds is 3. The lowest BCUT2D eigenvalue weighted by Crippen LogP contribution is -2.06. The van der Waals surface area contributed by atoms with Gasteiger partial charge in [0.25, 0.3) is 0 Å². The standard InChI is InChI=1S/C15H14O4S/c1-19-15(16)14-10-12(20(2,17)18)8-9-13(14)11-6-4-3-5-7-11/h3-10H,1-2H3. The van der Waals surface area contributed by atoms with Crippen LogP contribution in [0.4, 0.5) is 0 Å². The summed E-state index contributed by atoms with van der Waals surface area (Å²) in [5.74, 6) is -0.561. The van der Waals surface area contributed by atoms with Crippen molar-refractivity contribution in [3.63, 3.8) is 0 Å². The van der Waals surface area contributed by atoms with Gasteiger partial charge in [0.05, 0.1) is 17.6 Å².